The second-order valence-corrected chi connectivity index (χ2v) is 4.04. The molecular weight excluding hydrogens is 262 g/mol. The van der Waals surface area contributed by atoms with Crippen LogP contribution < -0.4 is 9.64 Å². The number of carboxylic acids is 1. The van der Waals surface area contributed by atoms with Crippen LogP contribution in [0, 0.1) is 0 Å². The van der Waals surface area contributed by atoms with Crippen molar-refractivity contribution < 1.29 is 23.8 Å². The number of hydrogen-bond acceptors (Lipinski definition) is 4. The van der Waals surface area contributed by atoms with Gasteiger partial charge in [-0.2, -0.15) is 0 Å². The molecule has 2 aromatic rings. The van der Waals surface area contributed by atoms with Crippen molar-refractivity contribution in [3.63, 3.8) is 0 Å². The number of carboxylic acid groups (broad SMARTS) is 1. The molecule has 6 heteroatoms. The van der Waals surface area contributed by atoms with Gasteiger partial charge < -0.3 is 19.2 Å². The van der Waals surface area contributed by atoms with E-state index in [1.165, 1.54) is 18.1 Å². The first-order chi connectivity index (χ1) is 9.54. The van der Waals surface area contributed by atoms with Gasteiger partial charge in [0.05, 0.1) is 18.4 Å². The minimum Gasteiger partial charge on any atom is -0.495 e. The lowest BCUT2D eigenvalue weighted by molar-refractivity contribution is 0.0696. The zero-order valence-corrected chi connectivity index (χ0v) is 11.0. The van der Waals surface area contributed by atoms with Crippen LogP contribution in [0.4, 0.5) is 5.69 Å². The lowest BCUT2D eigenvalue weighted by Crippen LogP contribution is -2.26. The molecular formula is C14H13NO5. The largest absolute Gasteiger partial charge is 0.495 e. The number of furan rings is 1. The van der Waals surface area contributed by atoms with Crippen molar-refractivity contribution in [2.75, 3.05) is 19.1 Å². The van der Waals surface area contributed by atoms with Crippen molar-refractivity contribution in [1.29, 1.82) is 0 Å². The highest BCUT2D eigenvalue weighted by Gasteiger charge is 2.21. The molecule has 0 saturated carbocycles. The molecule has 104 valence electrons. The Hall–Kier alpha value is -2.76. The molecule has 0 atom stereocenters. The number of aromatic carboxylic acids is 1. The summed E-state index contributed by atoms with van der Waals surface area (Å²) >= 11 is 0. The molecule has 0 aliphatic carbocycles. The standard InChI is InChI=1S/C14H13NO5/c1-15(10-5-3-4-6-11(10)19-2)13(16)12-7-9(8-20-12)14(17)18/h3-8H,1-2H3,(H,17,18). The first kappa shape index (κ1) is 13.7. The fourth-order valence-corrected chi connectivity index (χ4v) is 1.74. The van der Waals surface area contributed by atoms with Crippen molar-refractivity contribution >= 4 is 17.6 Å². The smallest absolute Gasteiger partial charge is 0.338 e. The zero-order valence-electron chi connectivity index (χ0n) is 11.0. The van der Waals surface area contributed by atoms with Gasteiger partial charge in [-0.05, 0) is 12.1 Å². The van der Waals surface area contributed by atoms with Gasteiger partial charge >= 0.3 is 5.97 Å². The molecule has 0 unspecified atom stereocenters. The molecule has 0 aliphatic rings. The number of para-hydroxylation sites is 2. The van der Waals surface area contributed by atoms with E-state index < -0.39 is 11.9 Å². The predicted molar refractivity (Wildman–Crippen MR) is 71.4 cm³/mol. The normalized spacial score (nSPS) is 10.1. The summed E-state index contributed by atoms with van der Waals surface area (Å²) in [6.07, 6.45) is 1.03. The van der Waals surface area contributed by atoms with E-state index in [1.807, 2.05) is 0 Å². The van der Waals surface area contributed by atoms with Crippen LogP contribution in [0.25, 0.3) is 0 Å². The van der Waals surface area contributed by atoms with Crippen LogP contribution in [0.15, 0.2) is 41.0 Å². The molecule has 6 nitrogen and oxygen atoms in total. The number of amides is 1. The van der Waals surface area contributed by atoms with Crippen LogP contribution in [0.2, 0.25) is 0 Å². The Morgan fingerprint density at radius 1 is 1.30 bits per heavy atom. The second-order valence-electron chi connectivity index (χ2n) is 4.04. The zero-order chi connectivity index (χ0) is 14.7. The summed E-state index contributed by atoms with van der Waals surface area (Å²) in [5, 5.41) is 8.81. The van der Waals surface area contributed by atoms with Crippen LogP contribution >= 0.6 is 0 Å². The number of methoxy groups -OCH3 is 1. The molecule has 0 saturated heterocycles. The van der Waals surface area contributed by atoms with E-state index in [0.29, 0.717) is 11.4 Å². The predicted octanol–water partition coefficient (Wildman–Crippen LogP) is 2.26. The molecule has 1 heterocycles. The number of anilines is 1. The van der Waals surface area contributed by atoms with Crippen molar-refractivity contribution in [1.82, 2.24) is 0 Å². The Balaban J connectivity index is 2.30. The topological polar surface area (TPSA) is 80.0 Å². The number of rotatable bonds is 4. The number of hydrogen-bond donors (Lipinski definition) is 1. The van der Waals surface area contributed by atoms with E-state index in [-0.39, 0.29) is 11.3 Å². The first-order valence-corrected chi connectivity index (χ1v) is 5.77. The quantitative estimate of drug-likeness (QED) is 0.925. The van der Waals surface area contributed by atoms with E-state index >= 15 is 0 Å². The molecule has 20 heavy (non-hydrogen) atoms. The van der Waals surface area contributed by atoms with Crippen molar-refractivity contribution in [2.24, 2.45) is 0 Å². The molecule has 1 aromatic carbocycles. The molecule has 0 radical (unpaired) electrons. The summed E-state index contributed by atoms with van der Waals surface area (Å²) in [4.78, 5) is 24.3. The molecule has 0 fully saturated rings. The molecule has 2 rings (SSSR count). The Kier molecular flexibility index (Phi) is 3.74. The van der Waals surface area contributed by atoms with Gasteiger partial charge in [-0.15, -0.1) is 0 Å². The number of benzene rings is 1. The van der Waals surface area contributed by atoms with Crippen LogP contribution in [-0.4, -0.2) is 31.1 Å². The minimum atomic E-state index is -1.15. The summed E-state index contributed by atoms with van der Waals surface area (Å²) in [5.41, 5.74) is 0.495. The maximum atomic E-state index is 12.2. The molecule has 1 aromatic heterocycles. The molecule has 0 bridgehead atoms. The van der Waals surface area contributed by atoms with Gasteiger partial charge in [0.15, 0.2) is 5.76 Å². The molecule has 0 aliphatic heterocycles. The van der Waals surface area contributed by atoms with Gasteiger partial charge in [-0.1, -0.05) is 12.1 Å². The Morgan fingerprint density at radius 2 is 2.00 bits per heavy atom. The van der Waals surface area contributed by atoms with Gasteiger partial charge in [-0.3, -0.25) is 4.79 Å². The maximum absolute atomic E-state index is 12.2. The number of carbonyl (C=O) groups excluding carboxylic acids is 1. The average Bonchev–Trinajstić information content (AvgIpc) is 2.95. The highest BCUT2D eigenvalue weighted by atomic mass is 16.5. The van der Waals surface area contributed by atoms with Crippen molar-refractivity contribution in [2.45, 2.75) is 0 Å². The SMILES string of the molecule is COc1ccccc1N(C)C(=O)c1cc(C(=O)O)co1. The maximum Gasteiger partial charge on any atom is 0.338 e. The Labute approximate surface area is 115 Å². The van der Waals surface area contributed by atoms with Crippen LogP contribution in [-0.2, 0) is 0 Å². The molecule has 1 amide bonds. The number of nitrogens with zero attached hydrogens (tertiary/aromatic N) is 1. The number of ether oxygens (including phenoxy) is 1. The fraction of sp³-hybridized carbons (Fsp3) is 0.143. The Bertz CT molecular complexity index is 647. The van der Waals surface area contributed by atoms with Gasteiger partial charge in [0.1, 0.15) is 12.0 Å². The van der Waals surface area contributed by atoms with Gasteiger partial charge in [0.2, 0.25) is 0 Å². The van der Waals surface area contributed by atoms with E-state index in [1.54, 1.807) is 31.3 Å². The monoisotopic (exact) mass is 275 g/mol. The lowest BCUT2D eigenvalue weighted by Gasteiger charge is -2.18. The lowest BCUT2D eigenvalue weighted by atomic mass is 10.2. The van der Waals surface area contributed by atoms with E-state index in [0.717, 1.165) is 6.26 Å². The summed E-state index contributed by atoms with van der Waals surface area (Å²) in [6.45, 7) is 0. The highest BCUT2D eigenvalue weighted by Crippen LogP contribution is 2.27. The first-order valence-electron chi connectivity index (χ1n) is 5.77. The van der Waals surface area contributed by atoms with Crippen molar-refractivity contribution in [3.05, 3.63) is 47.9 Å². The van der Waals surface area contributed by atoms with Crippen LogP contribution in [0.1, 0.15) is 20.9 Å². The van der Waals surface area contributed by atoms with E-state index in [4.69, 9.17) is 14.3 Å². The summed E-state index contributed by atoms with van der Waals surface area (Å²) in [5.74, 6) is -1.11. The third kappa shape index (κ3) is 2.49. The van der Waals surface area contributed by atoms with E-state index in [9.17, 15) is 9.59 Å². The number of carbonyl (C=O) groups is 2. The summed E-state index contributed by atoms with van der Waals surface area (Å²) in [7, 11) is 3.07. The fourth-order valence-electron chi connectivity index (χ4n) is 1.74. The average molecular weight is 275 g/mol. The molecule has 0 spiro atoms. The second kappa shape index (κ2) is 5.48. The molecule has 1 N–H and O–H groups in total. The van der Waals surface area contributed by atoms with Crippen molar-refractivity contribution in [3.8, 4) is 5.75 Å². The summed E-state index contributed by atoms with van der Waals surface area (Å²) in [6, 6.07) is 8.20. The van der Waals surface area contributed by atoms with E-state index in [2.05, 4.69) is 0 Å². The Morgan fingerprint density at radius 3 is 2.60 bits per heavy atom. The van der Waals surface area contributed by atoms with Gasteiger partial charge in [0.25, 0.3) is 5.91 Å². The highest BCUT2D eigenvalue weighted by molar-refractivity contribution is 6.05. The minimum absolute atomic E-state index is 0.0455. The van der Waals surface area contributed by atoms with Crippen LogP contribution in [0.5, 0.6) is 5.75 Å². The third-order valence-electron chi connectivity index (χ3n) is 2.81. The third-order valence-corrected chi connectivity index (χ3v) is 2.81. The van der Waals surface area contributed by atoms with Crippen LogP contribution in [0.3, 0.4) is 0 Å². The summed E-state index contributed by atoms with van der Waals surface area (Å²) < 4.78 is 10.2. The van der Waals surface area contributed by atoms with Gasteiger partial charge in [0, 0.05) is 13.1 Å². The van der Waals surface area contributed by atoms with Gasteiger partial charge in [-0.25, -0.2) is 4.79 Å².